The average Bonchev–Trinajstić information content (AvgIpc) is 3.04. The zero-order valence-corrected chi connectivity index (χ0v) is 15.3. The molecule has 3 aromatic rings. The van der Waals surface area contributed by atoms with Crippen molar-refractivity contribution in [1.29, 1.82) is 0 Å². The molecule has 0 aliphatic carbocycles. The molecule has 3 rings (SSSR count). The Morgan fingerprint density at radius 1 is 1.13 bits per heavy atom. The highest BCUT2D eigenvalue weighted by Crippen LogP contribution is 2.33. The van der Waals surface area contributed by atoms with Gasteiger partial charge in [-0.2, -0.15) is 5.10 Å². The Morgan fingerprint density at radius 2 is 1.96 bits per heavy atom. The van der Waals surface area contributed by atoms with E-state index in [1.165, 1.54) is 10.4 Å². The molecule has 1 aromatic carbocycles. The van der Waals surface area contributed by atoms with Gasteiger partial charge in [0.05, 0.1) is 10.6 Å². The molecule has 116 valence electrons. The number of anilines is 1. The largest absolute Gasteiger partial charge is 0.260 e. The van der Waals surface area contributed by atoms with Crippen molar-refractivity contribution in [3.63, 3.8) is 0 Å². The maximum atomic E-state index is 5.70. The summed E-state index contributed by atoms with van der Waals surface area (Å²) in [6.45, 7) is 1.95. The zero-order valence-electron chi connectivity index (χ0n) is 12.1. The lowest BCUT2D eigenvalue weighted by atomic mass is 10.2. The molecule has 0 spiro atoms. The smallest absolute Gasteiger partial charge is 0.168 e. The summed E-state index contributed by atoms with van der Waals surface area (Å²) < 4.78 is 1.08. The normalized spacial score (nSPS) is 11.5. The van der Waals surface area contributed by atoms with Crippen LogP contribution in [0.2, 0.25) is 5.15 Å². The lowest BCUT2D eigenvalue weighted by molar-refractivity contribution is 1.02. The minimum atomic E-state index is 0.354. The molecule has 0 fully saturated rings. The maximum absolute atomic E-state index is 5.70. The molecule has 1 N–H and O–H groups in total. The lowest BCUT2D eigenvalue weighted by Gasteiger charge is -2.01. The molecule has 0 aliphatic rings. The highest BCUT2D eigenvalue weighted by molar-refractivity contribution is 9.10. The van der Waals surface area contributed by atoms with Crippen LogP contribution in [0.25, 0.3) is 10.4 Å². The second-order valence-electron chi connectivity index (χ2n) is 4.69. The molecule has 2 aromatic heterocycles. The first-order valence-corrected chi connectivity index (χ1v) is 8.77. The van der Waals surface area contributed by atoms with Crippen molar-refractivity contribution in [3.05, 3.63) is 63.0 Å². The zero-order chi connectivity index (χ0) is 16.2. The van der Waals surface area contributed by atoms with Gasteiger partial charge in [-0.05, 0) is 37.3 Å². The van der Waals surface area contributed by atoms with Gasteiger partial charge in [-0.3, -0.25) is 5.43 Å². The van der Waals surface area contributed by atoms with Gasteiger partial charge >= 0.3 is 0 Å². The minimum absolute atomic E-state index is 0.354. The molecule has 0 amide bonds. The molecule has 0 atom stereocenters. The summed E-state index contributed by atoms with van der Waals surface area (Å²) in [7, 11) is 0. The van der Waals surface area contributed by atoms with Crippen LogP contribution in [0.1, 0.15) is 11.8 Å². The second kappa shape index (κ2) is 7.21. The minimum Gasteiger partial charge on any atom is -0.260 e. The number of hydrogen-bond donors (Lipinski definition) is 1. The fraction of sp³-hybridized carbons (Fsp3) is 0.0625. The predicted octanol–water partition coefficient (Wildman–Crippen LogP) is 5.46. The predicted molar refractivity (Wildman–Crippen MR) is 100 cm³/mol. The summed E-state index contributed by atoms with van der Waals surface area (Å²) in [4.78, 5) is 2.28. The SMILES string of the molecule is C/C(=N\Nc1ccc(Cl)nn1)c1ccc(-c2ccccc2Br)s1. The number of halogens is 2. The molecule has 23 heavy (non-hydrogen) atoms. The van der Waals surface area contributed by atoms with Crippen LogP contribution in [0.4, 0.5) is 5.82 Å². The van der Waals surface area contributed by atoms with Gasteiger partial charge in [-0.15, -0.1) is 21.5 Å². The van der Waals surface area contributed by atoms with Crippen molar-refractivity contribution in [2.75, 3.05) is 5.43 Å². The van der Waals surface area contributed by atoms with E-state index >= 15 is 0 Å². The van der Waals surface area contributed by atoms with Crippen molar-refractivity contribution in [2.45, 2.75) is 6.92 Å². The van der Waals surface area contributed by atoms with Crippen LogP contribution in [0.3, 0.4) is 0 Å². The van der Waals surface area contributed by atoms with Gasteiger partial charge in [-0.25, -0.2) is 0 Å². The molecule has 0 saturated heterocycles. The van der Waals surface area contributed by atoms with E-state index in [9.17, 15) is 0 Å². The Labute approximate surface area is 151 Å². The van der Waals surface area contributed by atoms with Gasteiger partial charge in [0.1, 0.15) is 0 Å². The van der Waals surface area contributed by atoms with Crippen LogP contribution in [-0.2, 0) is 0 Å². The number of benzene rings is 1. The Bertz CT molecular complexity index is 845. The first-order chi connectivity index (χ1) is 11.1. The van der Waals surface area contributed by atoms with Gasteiger partial charge in [0.2, 0.25) is 0 Å². The number of hydrogen-bond acceptors (Lipinski definition) is 5. The van der Waals surface area contributed by atoms with Crippen LogP contribution < -0.4 is 5.43 Å². The summed E-state index contributed by atoms with van der Waals surface area (Å²) >= 11 is 11.0. The van der Waals surface area contributed by atoms with E-state index in [2.05, 4.69) is 54.9 Å². The first kappa shape index (κ1) is 16.1. The van der Waals surface area contributed by atoms with Crippen molar-refractivity contribution >= 4 is 50.4 Å². The third-order valence-corrected chi connectivity index (χ3v) is 5.19. The first-order valence-electron chi connectivity index (χ1n) is 6.78. The monoisotopic (exact) mass is 406 g/mol. The summed E-state index contributed by atoms with van der Waals surface area (Å²) in [5.74, 6) is 0.552. The van der Waals surface area contributed by atoms with Gasteiger partial charge in [0.25, 0.3) is 0 Å². The van der Waals surface area contributed by atoms with Gasteiger partial charge in [0.15, 0.2) is 11.0 Å². The molecule has 0 radical (unpaired) electrons. The van der Waals surface area contributed by atoms with E-state index in [1.54, 1.807) is 23.5 Å². The molecule has 0 unspecified atom stereocenters. The fourth-order valence-electron chi connectivity index (χ4n) is 1.91. The molecule has 0 bridgehead atoms. The number of nitrogens with zero attached hydrogens (tertiary/aromatic N) is 3. The lowest BCUT2D eigenvalue weighted by Crippen LogP contribution is -1.99. The molecule has 0 aliphatic heterocycles. The van der Waals surface area contributed by atoms with Gasteiger partial charge in [0, 0.05) is 14.9 Å². The fourth-order valence-corrected chi connectivity index (χ4v) is 3.63. The van der Waals surface area contributed by atoms with Crippen LogP contribution >= 0.6 is 38.9 Å². The van der Waals surface area contributed by atoms with Crippen molar-refractivity contribution in [3.8, 4) is 10.4 Å². The van der Waals surface area contributed by atoms with Crippen LogP contribution in [0, 0.1) is 0 Å². The topological polar surface area (TPSA) is 50.2 Å². The second-order valence-corrected chi connectivity index (χ2v) is 7.02. The Balaban J connectivity index is 1.78. The standard InChI is InChI=1S/C16H12BrClN4S/c1-10(19-21-16-9-8-15(18)20-22-16)13-6-7-14(23-13)11-4-2-3-5-12(11)17/h2-9H,1H3,(H,21,22)/b19-10+. The number of thiophene rings is 1. The molecular weight excluding hydrogens is 396 g/mol. The summed E-state index contributed by atoms with van der Waals surface area (Å²) in [6.07, 6.45) is 0. The summed E-state index contributed by atoms with van der Waals surface area (Å²) in [6, 6.07) is 15.7. The van der Waals surface area contributed by atoms with Crippen molar-refractivity contribution < 1.29 is 0 Å². The number of nitrogens with one attached hydrogen (secondary N) is 1. The number of hydrazone groups is 1. The maximum Gasteiger partial charge on any atom is 0.168 e. The summed E-state index contributed by atoms with van der Waals surface area (Å²) in [5.41, 5.74) is 4.94. The van der Waals surface area contributed by atoms with Crippen LogP contribution in [0.5, 0.6) is 0 Å². The van der Waals surface area contributed by atoms with E-state index in [0.29, 0.717) is 11.0 Å². The Morgan fingerprint density at radius 3 is 2.70 bits per heavy atom. The molecule has 2 heterocycles. The Kier molecular flexibility index (Phi) is 5.05. The third kappa shape index (κ3) is 3.96. The van der Waals surface area contributed by atoms with E-state index in [4.69, 9.17) is 11.6 Å². The van der Waals surface area contributed by atoms with Gasteiger partial charge in [-0.1, -0.05) is 45.7 Å². The highest BCUT2D eigenvalue weighted by atomic mass is 79.9. The number of aromatic nitrogens is 2. The highest BCUT2D eigenvalue weighted by Gasteiger charge is 2.08. The third-order valence-electron chi connectivity index (χ3n) is 3.07. The number of rotatable bonds is 4. The quantitative estimate of drug-likeness (QED) is 0.461. The average molecular weight is 408 g/mol. The molecule has 0 saturated carbocycles. The van der Waals surface area contributed by atoms with Crippen LogP contribution in [-0.4, -0.2) is 15.9 Å². The van der Waals surface area contributed by atoms with Crippen molar-refractivity contribution in [1.82, 2.24) is 10.2 Å². The molecule has 4 nitrogen and oxygen atoms in total. The van der Waals surface area contributed by atoms with E-state index < -0.39 is 0 Å². The van der Waals surface area contributed by atoms with E-state index in [0.717, 1.165) is 15.1 Å². The van der Waals surface area contributed by atoms with Gasteiger partial charge < -0.3 is 0 Å². The molecule has 7 heteroatoms. The Hall–Kier alpha value is -1.76. The van der Waals surface area contributed by atoms with Crippen LogP contribution in [0.15, 0.2) is 58.1 Å². The van der Waals surface area contributed by atoms with E-state index in [1.807, 2.05) is 25.1 Å². The van der Waals surface area contributed by atoms with E-state index in [-0.39, 0.29) is 0 Å². The van der Waals surface area contributed by atoms with Crippen molar-refractivity contribution in [2.24, 2.45) is 5.10 Å². The summed E-state index contributed by atoms with van der Waals surface area (Å²) in [5, 5.41) is 12.4. The molecular formula is C16H12BrClN4S.